The van der Waals surface area contributed by atoms with Crippen molar-refractivity contribution in [2.45, 2.75) is 12.6 Å². The smallest absolute Gasteiger partial charge is 0.401 e. The molecule has 2 aromatic carbocycles. The fourth-order valence-electron chi connectivity index (χ4n) is 4.41. The van der Waals surface area contributed by atoms with Gasteiger partial charge in [0, 0.05) is 50.5 Å². The van der Waals surface area contributed by atoms with Crippen molar-refractivity contribution < 1.29 is 27.5 Å². The number of aromatic carboxylic acids is 1. The summed E-state index contributed by atoms with van der Waals surface area (Å²) >= 11 is 6.26. The second-order valence-corrected chi connectivity index (χ2v) is 9.22. The van der Waals surface area contributed by atoms with E-state index in [9.17, 15) is 32.3 Å². The third kappa shape index (κ3) is 6.13. The molecule has 0 unspecified atom stereocenters. The fourth-order valence-corrected chi connectivity index (χ4v) is 4.65. The first-order valence-electron chi connectivity index (χ1n) is 11.4. The number of piperazine rings is 1. The minimum atomic E-state index is -4.28. The van der Waals surface area contributed by atoms with Crippen molar-refractivity contribution in [2.24, 2.45) is 7.05 Å². The molecule has 1 aromatic heterocycles. The summed E-state index contributed by atoms with van der Waals surface area (Å²) in [6.07, 6.45) is -3.97. The van der Waals surface area contributed by atoms with Crippen molar-refractivity contribution in [3.05, 3.63) is 62.7 Å². The van der Waals surface area contributed by atoms with Crippen LogP contribution >= 0.6 is 11.6 Å². The van der Waals surface area contributed by atoms with E-state index in [1.807, 2.05) is 0 Å². The number of nitrogens with zero attached hydrogens (tertiary/aromatic N) is 4. The van der Waals surface area contributed by atoms with Gasteiger partial charge in [-0.1, -0.05) is 11.6 Å². The van der Waals surface area contributed by atoms with Gasteiger partial charge in [0.15, 0.2) is 0 Å². The number of nitrogens with one attached hydrogen (secondary N) is 1. The molecule has 0 bridgehead atoms. The van der Waals surface area contributed by atoms with Crippen molar-refractivity contribution in [1.82, 2.24) is 14.5 Å². The molecule has 198 valence electrons. The molecule has 13 heteroatoms. The maximum Gasteiger partial charge on any atom is 0.401 e. The monoisotopic (exact) mass is 541 g/mol. The van der Waals surface area contributed by atoms with E-state index < -0.39 is 24.5 Å². The van der Waals surface area contributed by atoms with E-state index in [0.29, 0.717) is 28.5 Å². The molecule has 0 amide bonds. The number of carboxylic acids is 1. The van der Waals surface area contributed by atoms with E-state index in [1.54, 1.807) is 18.0 Å². The maximum absolute atomic E-state index is 13.5. The topological polar surface area (TPSA) is 90.7 Å². The number of rotatable bonds is 7. The SMILES string of the molecule is Cn1c(N2CCN(CC(F)(F)F)CC2)nc2c(CCNc3ccc(F)cc3C(=O)O)cc(Cl)cc2c1=O. The number of aromatic nitrogens is 2. The van der Waals surface area contributed by atoms with E-state index in [4.69, 9.17) is 16.6 Å². The van der Waals surface area contributed by atoms with E-state index in [1.165, 1.54) is 21.6 Å². The lowest BCUT2D eigenvalue weighted by molar-refractivity contribution is -0.146. The predicted molar refractivity (Wildman–Crippen MR) is 132 cm³/mol. The highest BCUT2D eigenvalue weighted by atomic mass is 35.5. The van der Waals surface area contributed by atoms with Gasteiger partial charge in [-0.15, -0.1) is 0 Å². The van der Waals surface area contributed by atoms with Crippen LogP contribution in [-0.4, -0.2) is 71.0 Å². The van der Waals surface area contributed by atoms with Crippen molar-refractivity contribution in [3.63, 3.8) is 0 Å². The zero-order chi connectivity index (χ0) is 26.9. The molecule has 1 aliphatic rings. The molecule has 2 N–H and O–H groups in total. The third-order valence-corrected chi connectivity index (χ3v) is 6.40. The minimum absolute atomic E-state index is 0.175. The highest BCUT2D eigenvalue weighted by Crippen LogP contribution is 2.25. The number of halogens is 5. The van der Waals surface area contributed by atoms with Gasteiger partial charge in [-0.2, -0.15) is 13.2 Å². The van der Waals surface area contributed by atoms with Crippen LogP contribution in [0.2, 0.25) is 5.02 Å². The van der Waals surface area contributed by atoms with Crippen LogP contribution in [0.5, 0.6) is 0 Å². The van der Waals surface area contributed by atoms with E-state index in [0.717, 1.165) is 12.1 Å². The van der Waals surface area contributed by atoms with Crippen molar-refractivity contribution in [3.8, 4) is 0 Å². The van der Waals surface area contributed by atoms with E-state index in [2.05, 4.69) is 5.32 Å². The molecule has 0 atom stereocenters. The number of carboxylic acid groups (broad SMARTS) is 1. The predicted octanol–water partition coefficient (Wildman–Crippen LogP) is 3.76. The van der Waals surface area contributed by atoms with Crippen LogP contribution in [0.4, 0.5) is 29.2 Å². The molecule has 37 heavy (non-hydrogen) atoms. The van der Waals surface area contributed by atoms with Crippen LogP contribution in [-0.2, 0) is 13.5 Å². The number of fused-ring (bicyclic) bond motifs is 1. The van der Waals surface area contributed by atoms with Gasteiger partial charge in [-0.25, -0.2) is 14.2 Å². The standard InChI is InChI=1S/C24H24ClF4N5O3/c1-32-21(35)18-11-15(25)10-14(4-5-30-19-3-2-16(26)12-17(19)22(36)37)20(18)31-23(32)34-8-6-33(7-9-34)13-24(27,28)29/h2-3,10-12,30H,4-9,13H2,1H3,(H,36,37). The Balaban J connectivity index is 1.59. The summed E-state index contributed by atoms with van der Waals surface area (Å²) in [4.78, 5) is 32.4. The van der Waals surface area contributed by atoms with Crippen molar-refractivity contribution >= 4 is 40.1 Å². The molecule has 1 saturated heterocycles. The van der Waals surface area contributed by atoms with Gasteiger partial charge in [0.05, 0.1) is 23.0 Å². The molecule has 0 radical (unpaired) electrons. The highest BCUT2D eigenvalue weighted by molar-refractivity contribution is 6.31. The number of hydrogen-bond donors (Lipinski definition) is 2. The molecule has 3 aromatic rings. The molecule has 8 nitrogen and oxygen atoms in total. The fraction of sp³-hybridized carbons (Fsp3) is 0.375. The van der Waals surface area contributed by atoms with Crippen LogP contribution < -0.4 is 15.8 Å². The van der Waals surface area contributed by atoms with Gasteiger partial charge in [0.2, 0.25) is 5.95 Å². The zero-order valence-corrected chi connectivity index (χ0v) is 20.5. The first-order chi connectivity index (χ1) is 17.4. The number of benzene rings is 2. The Kier molecular flexibility index (Phi) is 7.60. The van der Waals surface area contributed by atoms with Crippen LogP contribution in [0.1, 0.15) is 15.9 Å². The van der Waals surface area contributed by atoms with E-state index in [-0.39, 0.29) is 54.9 Å². The van der Waals surface area contributed by atoms with Gasteiger partial charge in [-0.05, 0) is 42.3 Å². The first kappa shape index (κ1) is 26.7. The second-order valence-electron chi connectivity index (χ2n) is 8.79. The van der Waals surface area contributed by atoms with Crippen molar-refractivity contribution in [2.75, 3.05) is 49.5 Å². The average Bonchev–Trinajstić information content (AvgIpc) is 2.82. The maximum atomic E-state index is 13.5. The van der Waals surface area contributed by atoms with Crippen LogP contribution in [0.25, 0.3) is 10.9 Å². The minimum Gasteiger partial charge on any atom is -0.478 e. The first-order valence-corrected chi connectivity index (χ1v) is 11.8. The second kappa shape index (κ2) is 10.5. The van der Waals surface area contributed by atoms with Gasteiger partial charge in [0.1, 0.15) is 5.82 Å². The number of hydrogen-bond acceptors (Lipinski definition) is 6. The number of carbonyl (C=O) groups is 1. The average molecular weight is 542 g/mol. The number of alkyl halides is 3. The summed E-state index contributed by atoms with van der Waals surface area (Å²) in [6, 6.07) is 6.57. The summed E-state index contributed by atoms with van der Waals surface area (Å²) in [5.74, 6) is -1.61. The highest BCUT2D eigenvalue weighted by Gasteiger charge is 2.32. The summed E-state index contributed by atoms with van der Waals surface area (Å²) in [5, 5.41) is 12.9. The van der Waals surface area contributed by atoms with Crippen molar-refractivity contribution in [1.29, 1.82) is 0 Å². The van der Waals surface area contributed by atoms with Crippen LogP contribution in [0, 0.1) is 5.82 Å². The summed E-state index contributed by atoms with van der Waals surface area (Å²) in [5.41, 5.74) is 0.709. The quantitative estimate of drug-likeness (QED) is 0.440. The van der Waals surface area contributed by atoms with Gasteiger partial charge < -0.3 is 15.3 Å². The third-order valence-electron chi connectivity index (χ3n) is 6.18. The summed E-state index contributed by atoms with van der Waals surface area (Å²) in [6.45, 7) is 0.147. The Labute approximate surface area is 214 Å². The normalized spacial score (nSPS) is 14.8. The Hall–Kier alpha value is -3.38. The largest absolute Gasteiger partial charge is 0.478 e. The molecule has 0 saturated carbocycles. The Morgan fingerprint density at radius 2 is 1.86 bits per heavy atom. The number of anilines is 2. The molecular weight excluding hydrogens is 518 g/mol. The van der Waals surface area contributed by atoms with Crippen LogP contribution in [0.15, 0.2) is 35.1 Å². The lowest BCUT2D eigenvalue weighted by atomic mass is 10.1. The van der Waals surface area contributed by atoms with Gasteiger partial charge in [0.25, 0.3) is 5.56 Å². The molecule has 4 rings (SSSR count). The molecule has 1 aliphatic heterocycles. The van der Waals surface area contributed by atoms with Gasteiger partial charge >= 0.3 is 12.1 Å². The lowest BCUT2D eigenvalue weighted by Crippen LogP contribution is -2.50. The molecule has 0 aliphatic carbocycles. The Morgan fingerprint density at radius 3 is 2.51 bits per heavy atom. The summed E-state index contributed by atoms with van der Waals surface area (Å²) < 4.78 is 53.1. The molecule has 0 spiro atoms. The summed E-state index contributed by atoms with van der Waals surface area (Å²) in [7, 11) is 1.55. The Bertz CT molecular complexity index is 1390. The van der Waals surface area contributed by atoms with Gasteiger partial charge in [-0.3, -0.25) is 14.3 Å². The van der Waals surface area contributed by atoms with Crippen LogP contribution in [0.3, 0.4) is 0 Å². The molecule has 2 heterocycles. The lowest BCUT2D eigenvalue weighted by Gasteiger charge is -2.36. The van der Waals surface area contributed by atoms with E-state index >= 15 is 0 Å². The molecule has 1 fully saturated rings. The molecular formula is C24H24ClF4N5O3. The Morgan fingerprint density at radius 1 is 1.16 bits per heavy atom. The zero-order valence-electron chi connectivity index (χ0n) is 19.8.